The molecule has 8 nitrogen and oxygen atoms in total. The Hall–Kier alpha value is -2.69. The molecule has 172 valence electrons. The molecule has 2 aromatic rings. The van der Waals surface area contributed by atoms with Crippen molar-refractivity contribution in [2.45, 2.75) is 23.8 Å². The van der Waals surface area contributed by atoms with Crippen LogP contribution in [-0.2, 0) is 14.8 Å². The molecule has 0 bridgehead atoms. The minimum Gasteiger partial charge on any atom is -0.376 e. The summed E-state index contributed by atoms with van der Waals surface area (Å²) in [5.41, 5.74) is 1.40. The standard InChI is InChI=1S/C22H27FN4O4S/c23-16-3-6-19(7-4-16)32(29,30)26-17-5-8-21(27-11-9-24-10-12-27)20(14-17)22(28)25-15-18-2-1-13-31-18/h3-8,14,18,24,26H,1-2,9-13,15H2,(H,25,28). The zero-order valence-electron chi connectivity index (χ0n) is 17.6. The Morgan fingerprint density at radius 2 is 1.91 bits per heavy atom. The molecular formula is C22H27FN4O4S. The first-order chi connectivity index (χ1) is 15.4. The summed E-state index contributed by atoms with van der Waals surface area (Å²) < 4.78 is 46.7. The Morgan fingerprint density at radius 1 is 1.16 bits per heavy atom. The maximum Gasteiger partial charge on any atom is 0.261 e. The second-order valence-electron chi connectivity index (χ2n) is 7.87. The van der Waals surface area contributed by atoms with Crippen molar-refractivity contribution < 1.29 is 22.3 Å². The molecule has 1 amide bonds. The second-order valence-corrected chi connectivity index (χ2v) is 9.56. The van der Waals surface area contributed by atoms with Gasteiger partial charge in [-0.25, -0.2) is 12.8 Å². The molecule has 32 heavy (non-hydrogen) atoms. The maximum atomic E-state index is 13.2. The number of carbonyl (C=O) groups excluding carboxylic acids is 1. The van der Waals surface area contributed by atoms with E-state index < -0.39 is 15.8 Å². The third-order valence-electron chi connectivity index (χ3n) is 5.59. The van der Waals surface area contributed by atoms with Crippen LogP contribution in [0.15, 0.2) is 47.4 Å². The van der Waals surface area contributed by atoms with Crippen molar-refractivity contribution in [1.82, 2.24) is 10.6 Å². The van der Waals surface area contributed by atoms with Gasteiger partial charge in [-0.05, 0) is 55.3 Å². The predicted molar refractivity (Wildman–Crippen MR) is 120 cm³/mol. The van der Waals surface area contributed by atoms with E-state index in [1.165, 1.54) is 12.1 Å². The SMILES string of the molecule is O=C(NCC1CCCO1)c1cc(NS(=O)(=O)c2ccc(F)cc2)ccc1N1CCNCC1. The van der Waals surface area contributed by atoms with Gasteiger partial charge >= 0.3 is 0 Å². The Kier molecular flexibility index (Phi) is 6.92. The van der Waals surface area contributed by atoms with Gasteiger partial charge in [0.2, 0.25) is 0 Å². The molecule has 1 atom stereocenters. The highest BCUT2D eigenvalue weighted by Gasteiger charge is 2.23. The molecule has 2 fully saturated rings. The van der Waals surface area contributed by atoms with E-state index in [2.05, 4.69) is 20.3 Å². The first-order valence-corrected chi connectivity index (χ1v) is 12.2. The quantitative estimate of drug-likeness (QED) is 0.582. The minimum atomic E-state index is -3.93. The van der Waals surface area contributed by atoms with Crippen LogP contribution in [0.5, 0.6) is 0 Å². The lowest BCUT2D eigenvalue weighted by Crippen LogP contribution is -2.44. The predicted octanol–water partition coefficient (Wildman–Crippen LogP) is 1.94. The zero-order valence-corrected chi connectivity index (χ0v) is 18.5. The van der Waals surface area contributed by atoms with E-state index in [0.29, 0.717) is 18.7 Å². The molecular weight excluding hydrogens is 435 g/mol. The Morgan fingerprint density at radius 3 is 2.59 bits per heavy atom. The average molecular weight is 463 g/mol. The molecule has 0 saturated carbocycles. The molecule has 2 aliphatic rings. The van der Waals surface area contributed by atoms with E-state index in [1.807, 2.05) is 0 Å². The number of hydrogen-bond acceptors (Lipinski definition) is 6. The largest absolute Gasteiger partial charge is 0.376 e. The molecule has 0 spiro atoms. The van der Waals surface area contributed by atoms with Gasteiger partial charge in [0.05, 0.1) is 16.6 Å². The van der Waals surface area contributed by atoms with Crippen LogP contribution in [0.2, 0.25) is 0 Å². The van der Waals surface area contributed by atoms with Crippen LogP contribution in [0.4, 0.5) is 15.8 Å². The molecule has 0 radical (unpaired) electrons. The molecule has 0 aromatic heterocycles. The number of sulfonamides is 1. The van der Waals surface area contributed by atoms with Crippen LogP contribution in [0.1, 0.15) is 23.2 Å². The van der Waals surface area contributed by atoms with Crippen LogP contribution in [0, 0.1) is 5.82 Å². The van der Waals surface area contributed by atoms with Gasteiger partial charge in [0, 0.05) is 50.7 Å². The lowest BCUT2D eigenvalue weighted by atomic mass is 10.1. The number of benzene rings is 2. The van der Waals surface area contributed by atoms with E-state index in [0.717, 1.165) is 56.8 Å². The van der Waals surface area contributed by atoms with E-state index in [1.54, 1.807) is 18.2 Å². The summed E-state index contributed by atoms with van der Waals surface area (Å²) >= 11 is 0. The minimum absolute atomic E-state index is 0.00162. The number of hydrogen-bond donors (Lipinski definition) is 3. The number of halogens is 1. The van der Waals surface area contributed by atoms with Gasteiger partial charge in [0.25, 0.3) is 15.9 Å². The lowest BCUT2D eigenvalue weighted by molar-refractivity contribution is 0.0858. The summed E-state index contributed by atoms with van der Waals surface area (Å²) in [5, 5.41) is 6.21. The lowest BCUT2D eigenvalue weighted by Gasteiger charge is -2.31. The van der Waals surface area contributed by atoms with Crippen molar-refractivity contribution in [3.63, 3.8) is 0 Å². The summed E-state index contributed by atoms with van der Waals surface area (Å²) in [5.74, 6) is -0.800. The second kappa shape index (κ2) is 9.85. The summed E-state index contributed by atoms with van der Waals surface area (Å²) in [6.45, 7) is 4.20. The molecule has 4 rings (SSSR count). The van der Waals surface area contributed by atoms with Crippen molar-refractivity contribution >= 4 is 27.3 Å². The van der Waals surface area contributed by atoms with Gasteiger partial charge in [-0.15, -0.1) is 0 Å². The number of nitrogens with zero attached hydrogens (tertiary/aromatic N) is 1. The third kappa shape index (κ3) is 5.37. The first kappa shape index (κ1) is 22.5. The highest BCUT2D eigenvalue weighted by atomic mass is 32.2. The Balaban J connectivity index is 1.58. The molecule has 2 saturated heterocycles. The number of rotatable bonds is 7. The van der Waals surface area contributed by atoms with Crippen LogP contribution >= 0.6 is 0 Å². The molecule has 10 heteroatoms. The Bertz CT molecular complexity index is 1050. The number of anilines is 2. The summed E-state index contributed by atoms with van der Waals surface area (Å²) in [7, 11) is -3.93. The van der Waals surface area contributed by atoms with Crippen LogP contribution in [0.3, 0.4) is 0 Å². The van der Waals surface area contributed by atoms with Crippen LogP contribution in [-0.4, -0.2) is 59.8 Å². The number of amides is 1. The van der Waals surface area contributed by atoms with Crippen molar-refractivity contribution in [2.75, 3.05) is 49.0 Å². The maximum absolute atomic E-state index is 13.2. The highest BCUT2D eigenvalue weighted by molar-refractivity contribution is 7.92. The number of nitrogens with one attached hydrogen (secondary N) is 3. The van der Waals surface area contributed by atoms with Crippen molar-refractivity contribution in [3.8, 4) is 0 Å². The van der Waals surface area contributed by atoms with Gasteiger partial charge in [-0.2, -0.15) is 0 Å². The number of ether oxygens (including phenoxy) is 1. The van der Waals surface area contributed by atoms with E-state index in [4.69, 9.17) is 4.74 Å². The Labute approximate surface area is 187 Å². The van der Waals surface area contributed by atoms with E-state index >= 15 is 0 Å². The van der Waals surface area contributed by atoms with Gasteiger partial charge in [-0.3, -0.25) is 9.52 Å². The summed E-state index contributed by atoms with van der Waals surface area (Å²) in [4.78, 5) is 15.1. The van der Waals surface area contributed by atoms with Gasteiger partial charge in [-0.1, -0.05) is 0 Å². The zero-order chi connectivity index (χ0) is 22.6. The fourth-order valence-electron chi connectivity index (χ4n) is 3.90. The third-order valence-corrected chi connectivity index (χ3v) is 6.99. The average Bonchev–Trinajstić information content (AvgIpc) is 3.32. The molecule has 1 unspecified atom stereocenters. The van der Waals surface area contributed by atoms with Crippen molar-refractivity contribution in [3.05, 3.63) is 53.8 Å². The van der Waals surface area contributed by atoms with Crippen LogP contribution < -0.4 is 20.3 Å². The van der Waals surface area contributed by atoms with E-state index in [-0.39, 0.29) is 22.6 Å². The number of piperazine rings is 1. The van der Waals surface area contributed by atoms with Crippen molar-refractivity contribution in [2.24, 2.45) is 0 Å². The van der Waals surface area contributed by atoms with Gasteiger partial charge in [0.1, 0.15) is 5.82 Å². The topological polar surface area (TPSA) is 99.8 Å². The van der Waals surface area contributed by atoms with Gasteiger partial charge < -0.3 is 20.3 Å². The fourth-order valence-corrected chi connectivity index (χ4v) is 4.95. The normalized spacial score (nSPS) is 19.0. The highest BCUT2D eigenvalue weighted by Crippen LogP contribution is 2.27. The monoisotopic (exact) mass is 462 g/mol. The molecule has 2 aliphatic heterocycles. The van der Waals surface area contributed by atoms with Crippen molar-refractivity contribution in [1.29, 1.82) is 0 Å². The molecule has 2 heterocycles. The fraction of sp³-hybridized carbons (Fsp3) is 0.409. The first-order valence-electron chi connectivity index (χ1n) is 10.7. The molecule has 0 aliphatic carbocycles. The molecule has 2 aromatic carbocycles. The van der Waals surface area contributed by atoms with Gasteiger partial charge in [0.15, 0.2) is 0 Å². The summed E-state index contributed by atoms with van der Waals surface area (Å²) in [6, 6.07) is 9.51. The van der Waals surface area contributed by atoms with Crippen LogP contribution in [0.25, 0.3) is 0 Å². The molecule has 3 N–H and O–H groups in total. The number of carbonyl (C=O) groups is 1. The van der Waals surface area contributed by atoms with E-state index in [9.17, 15) is 17.6 Å². The summed E-state index contributed by atoms with van der Waals surface area (Å²) in [6.07, 6.45) is 1.89. The smallest absolute Gasteiger partial charge is 0.261 e.